The van der Waals surface area contributed by atoms with Crippen LogP contribution in [0.5, 0.6) is 0 Å². The zero-order valence-electron chi connectivity index (χ0n) is 9.32. The summed E-state index contributed by atoms with van der Waals surface area (Å²) in [5.41, 5.74) is 0.747. The molecule has 4 heteroatoms. The van der Waals surface area contributed by atoms with Gasteiger partial charge in [0.25, 0.3) is 5.56 Å². The average Bonchev–Trinajstić information content (AvgIpc) is 2.36. The SMILES string of the molecule is O=c1[nH]cnc(CCCc2ccccc2)c1F. The number of halogens is 1. The lowest BCUT2D eigenvalue weighted by Crippen LogP contribution is -2.14. The Morgan fingerprint density at radius 1 is 1.18 bits per heavy atom. The second-order valence-electron chi connectivity index (χ2n) is 3.83. The minimum Gasteiger partial charge on any atom is -0.311 e. The van der Waals surface area contributed by atoms with Crippen molar-refractivity contribution in [3.63, 3.8) is 0 Å². The van der Waals surface area contributed by atoms with Crippen LogP contribution in [-0.2, 0) is 12.8 Å². The number of benzene rings is 1. The molecule has 0 aliphatic rings. The van der Waals surface area contributed by atoms with Gasteiger partial charge in [0.2, 0.25) is 5.82 Å². The first-order valence-electron chi connectivity index (χ1n) is 5.53. The summed E-state index contributed by atoms with van der Waals surface area (Å²) in [4.78, 5) is 17.0. The van der Waals surface area contributed by atoms with Gasteiger partial charge in [-0.3, -0.25) is 4.79 Å². The normalized spacial score (nSPS) is 10.4. The molecular weight excluding hydrogens is 219 g/mol. The second kappa shape index (κ2) is 5.39. The van der Waals surface area contributed by atoms with Crippen molar-refractivity contribution in [2.75, 3.05) is 0 Å². The first-order valence-corrected chi connectivity index (χ1v) is 5.53. The molecule has 0 aliphatic carbocycles. The van der Waals surface area contributed by atoms with E-state index in [0.717, 1.165) is 12.8 Å². The number of nitrogens with zero attached hydrogens (tertiary/aromatic N) is 1. The molecule has 0 amide bonds. The highest BCUT2D eigenvalue weighted by atomic mass is 19.1. The van der Waals surface area contributed by atoms with E-state index in [4.69, 9.17) is 0 Å². The number of aromatic amines is 1. The molecule has 0 saturated heterocycles. The summed E-state index contributed by atoms with van der Waals surface area (Å²) in [7, 11) is 0. The Labute approximate surface area is 98.3 Å². The van der Waals surface area contributed by atoms with Crippen molar-refractivity contribution in [3.05, 3.63) is 64.1 Å². The van der Waals surface area contributed by atoms with Crippen LogP contribution in [0.25, 0.3) is 0 Å². The fourth-order valence-corrected chi connectivity index (χ4v) is 1.70. The maximum Gasteiger partial charge on any atom is 0.287 e. The third kappa shape index (κ3) is 3.00. The lowest BCUT2D eigenvalue weighted by Gasteiger charge is -2.02. The molecule has 88 valence electrons. The van der Waals surface area contributed by atoms with Crippen molar-refractivity contribution in [2.24, 2.45) is 0 Å². The summed E-state index contributed by atoms with van der Waals surface area (Å²) < 4.78 is 13.3. The molecule has 1 N–H and O–H groups in total. The van der Waals surface area contributed by atoms with Crippen LogP contribution in [0.1, 0.15) is 17.7 Å². The van der Waals surface area contributed by atoms with Crippen molar-refractivity contribution in [2.45, 2.75) is 19.3 Å². The largest absolute Gasteiger partial charge is 0.311 e. The fourth-order valence-electron chi connectivity index (χ4n) is 1.70. The second-order valence-corrected chi connectivity index (χ2v) is 3.83. The maximum atomic E-state index is 13.3. The summed E-state index contributed by atoms with van der Waals surface area (Å²) >= 11 is 0. The van der Waals surface area contributed by atoms with Gasteiger partial charge in [0.1, 0.15) is 0 Å². The summed E-state index contributed by atoms with van der Waals surface area (Å²) in [6, 6.07) is 9.97. The minimum absolute atomic E-state index is 0.240. The summed E-state index contributed by atoms with van der Waals surface area (Å²) in [6.45, 7) is 0. The van der Waals surface area contributed by atoms with Crippen LogP contribution in [0.2, 0.25) is 0 Å². The zero-order chi connectivity index (χ0) is 12.1. The molecule has 0 fully saturated rings. The summed E-state index contributed by atoms with van der Waals surface area (Å²) in [5, 5.41) is 0. The van der Waals surface area contributed by atoms with Gasteiger partial charge in [0.05, 0.1) is 12.0 Å². The minimum atomic E-state index is -0.763. The highest BCUT2D eigenvalue weighted by molar-refractivity contribution is 5.15. The van der Waals surface area contributed by atoms with Gasteiger partial charge in [-0.15, -0.1) is 0 Å². The molecule has 0 bridgehead atoms. The molecule has 0 spiro atoms. The van der Waals surface area contributed by atoms with Gasteiger partial charge < -0.3 is 4.98 Å². The molecule has 1 aromatic carbocycles. The molecular formula is C13H13FN2O. The summed E-state index contributed by atoms with van der Waals surface area (Å²) in [5.74, 6) is -0.763. The van der Waals surface area contributed by atoms with Crippen molar-refractivity contribution in [1.29, 1.82) is 0 Å². The van der Waals surface area contributed by atoms with E-state index in [1.807, 2.05) is 30.3 Å². The Morgan fingerprint density at radius 3 is 2.71 bits per heavy atom. The highest BCUT2D eigenvalue weighted by Gasteiger charge is 2.06. The monoisotopic (exact) mass is 232 g/mol. The van der Waals surface area contributed by atoms with E-state index in [1.54, 1.807) is 0 Å². The smallest absolute Gasteiger partial charge is 0.287 e. The lowest BCUT2D eigenvalue weighted by molar-refractivity contribution is 0.571. The Balaban J connectivity index is 1.95. The highest BCUT2D eigenvalue weighted by Crippen LogP contribution is 2.06. The van der Waals surface area contributed by atoms with Crippen LogP contribution < -0.4 is 5.56 Å². The van der Waals surface area contributed by atoms with E-state index in [2.05, 4.69) is 9.97 Å². The molecule has 2 aromatic rings. The van der Waals surface area contributed by atoms with E-state index in [9.17, 15) is 9.18 Å². The van der Waals surface area contributed by atoms with Gasteiger partial charge >= 0.3 is 0 Å². The number of rotatable bonds is 4. The van der Waals surface area contributed by atoms with Crippen LogP contribution in [0, 0.1) is 5.82 Å². The number of hydrogen-bond donors (Lipinski definition) is 1. The van der Waals surface area contributed by atoms with Crippen molar-refractivity contribution in [3.8, 4) is 0 Å². The number of aryl methyl sites for hydroxylation is 2. The summed E-state index contributed by atoms with van der Waals surface area (Å²) in [6.07, 6.45) is 3.35. The van der Waals surface area contributed by atoms with Crippen LogP contribution in [0.4, 0.5) is 4.39 Å². The Morgan fingerprint density at radius 2 is 1.94 bits per heavy atom. The Kier molecular flexibility index (Phi) is 3.65. The van der Waals surface area contributed by atoms with Crippen molar-refractivity contribution < 1.29 is 4.39 Å². The van der Waals surface area contributed by atoms with Gasteiger partial charge in [-0.1, -0.05) is 30.3 Å². The van der Waals surface area contributed by atoms with Gasteiger partial charge in [-0.05, 0) is 24.8 Å². The molecule has 0 unspecified atom stereocenters. The maximum absolute atomic E-state index is 13.3. The Bertz CT molecular complexity index is 537. The van der Waals surface area contributed by atoms with Gasteiger partial charge in [0.15, 0.2) is 0 Å². The van der Waals surface area contributed by atoms with Crippen molar-refractivity contribution in [1.82, 2.24) is 9.97 Å². The van der Waals surface area contributed by atoms with Crippen LogP contribution >= 0.6 is 0 Å². The average molecular weight is 232 g/mol. The van der Waals surface area contributed by atoms with Crippen molar-refractivity contribution >= 4 is 0 Å². The standard InChI is InChI=1S/C13H13FN2O/c14-12-11(15-9-16-13(12)17)8-4-7-10-5-2-1-3-6-10/h1-3,5-6,9H,4,7-8H2,(H,15,16,17). The van der Waals surface area contributed by atoms with Crippen LogP contribution in [0.3, 0.4) is 0 Å². The van der Waals surface area contributed by atoms with E-state index in [1.165, 1.54) is 11.9 Å². The predicted molar refractivity (Wildman–Crippen MR) is 63.3 cm³/mol. The topological polar surface area (TPSA) is 45.8 Å². The fraction of sp³-hybridized carbons (Fsp3) is 0.231. The molecule has 0 saturated carbocycles. The van der Waals surface area contributed by atoms with E-state index >= 15 is 0 Å². The van der Waals surface area contributed by atoms with E-state index in [0.29, 0.717) is 6.42 Å². The van der Waals surface area contributed by atoms with E-state index in [-0.39, 0.29) is 5.69 Å². The number of H-pyrrole nitrogens is 1. The molecule has 17 heavy (non-hydrogen) atoms. The molecule has 2 rings (SSSR count). The van der Waals surface area contributed by atoms with E-state index < -0.39 is 11.4 Å². The first kappa shape index (κ1) is 11.5. The molecule has 1 aromatic heterocycles. The molecule has 0 radical (unpaired) electrons. The Hall–Kier alpha value is -1.97. The third-order valence-corrected chi connectivity index (χ3v) is 2.59. The molecule has 1 heterocycles. The number of nitrogens with one attached hydrogen (secondary N) is 1. The van der Waals surface area contributed by atoms with Gasteiger partial charge in [-0.2, -0.15) is 4.39 Å². The van der Waals surface area contributed by atoms with Crippen LogP contribution in [0.15, 0.2) is 41.5 Å². The first-order chi connectivity index (χ1) is 8.27. The molecule has 0 aliphatic heterocycles. The van der Waals surface area contributed by atoms with Crippen LogP contribution in [-0.4, -0.2) is 9.97 Å². The predicted octanol–water partition coefficient (Wildman–Crippen LogP) is 2.08. The molecule has 0 atom stereocenters. The molecule has 3 nitrogen and oxygen atoms in total. The third-order valence-electron chi connectivity index (χ3n) is 2.59. The number of aromatic nitrogens is 2. The van der Waals surface area contributed by atoms with Gasteiger partial charge in [-0.25, -0.2) is 4.98 Å². The number of hydrogen-bond acceptors (Lipinski definition) is 2. The van der Waals surface area contributed by atoms with Gasteiger partial charge in [0, 0.05) is 0 Å². The lowest BCUT2D eigenvalue weighted by atomic mass is 10.1. The zero-order valence-corrected chi connectivity index (χ0v) is 9.32. The quantitative estimate of drug-likeness (QED) is 0.877.